The van der Waals surface area contributed by atoms with Crippen LogP contribution >= 0.6 is 0 Å². The van der Waals surface area contributed by atoms with Crippen LogP contribution in [0.4, 0.5) is 0 Å². The Kier molecular flexibility index (Phi) is 3.16. The lowest BCUT2D eigenvalue weighted by Crippen LogP contribution is -2.32. The molecule has 0 radical (unpaired) electrons. The van der Waals surface area contributed by atoms with Crippen molar-refractivity contribution < 1.29 is 9.90 Å². The van der Waals surface area contributed by atoms with E-state index < -0.39 is 12.0 Å². The maximum atomic E-state index is 11.4. The Morgan fingerprint density at radius 1 is 1.44 bits per heavy atom. The minimum Gasteiger partial charge on any atom is -0.480 e. The number of carboxylic acids is 1. The molecule has 0 aliphatic rings. The fourth-order valence-electron chi connectivity index (χ4n) is 1.83. The predicted molar refractivity (Wildman–Crippen MR) is 68.6 cm³/mol. The second-order valence-electron chi connectivity index (χ2n) is 4.35. The van der Waals surface area contributed by atoms with Gasteiger partial charge in [-0.1, -0.05) is 6.07 Å². The average molecular weight is 246 g/mol. The van der Waals surface area contributed by atoms with E-state index >= 15 is 0 Å². The van der Waals surface area contributed by atoms with Crippen LogP contribution in [0.3, 0.4) is 0 Å². The molecule has 1 heterocycles. The van der Waals surface area contributed by atoms with Crippen LogP contribution in [-0.4, -0.2) is 22.1 Å². The summed E-state index contributed by atoms with van der Waals surface area (Å²) in [6, 6.07) is 6.26. The topological polar surface area (TPSA) is 96.2 Å². The number of benzene rings is 1. The third-order valence-corrected chi connectivity index (χ3v) is 2.87. The highest BCUT2D eigenvalue weighted by Gasteiger charge is 2.12. The first-order valence-electron chi connectivity index (χ1n) is 5.58. The molecule has 0 saturated carbocycles. The molecule has 1 aromatic carbocycles. The lowest BCUT2D eigenvalue weighted by Gasteiger charge is -2.07. The van der Waals surface area contributed by atoms with Crippen LogP contribution in [0.25, 0.3) is 10.9 Å². The fraction of sp³-hybridized carbons (Fsp3) is 0.231. The number of H-pyrrole nitrogens is 1. The Hall–Kier alpha value is -2.14. The first kappa shape index (κ1) is 12.3. The summed E-state index contributed by atoms with van der Waals surface area (Å²) in [6.07, 6.45) is 0.267. The highest BCUT2D eigenvalue weighted by atomic mass is 16.4. The zero-order valence-electron chi connectivity index (χ0n) is 9.93. The zero-order chi connectivity index (χ0) is 13.3. The Labute approximate surface area is 103 Å². The van der Waals surface area contributed by atoms with Crippen molar-refractivity contribution in [1.82, 2.24) is 4.98 Å². The molecule has 1 unspecified atom stereocenters. The molecular weight excluding hydrogens is 232 g/mol. The first-order valence-corrected chi connectivity index (χ1v) is 5.58. The summed E-state index contributed by atoms with van der Waals surface area (Å²) in [4.78, 5) is 24.9. The first-order chi connectivity index (χ1) is 8.47. The Bertz CT molecular complexity index is 661. The highest BCUT2D eigenvalue weighted by molar-refractivity contribution is 5.80. The van der Waals surface area contributed by atoms with Crippen molar-refractivity contribution in [2.75, 3.05) is 0 Å². The summed E-state index contributed by atoms with van der Waals surface area (Å²) in [5.74, 6) is -1.02. The molecule has 1 aromatic heterocycles. The molecule has 2 rings (SSSR count). The van der Waals surface area contributed by atoms with Crippen LogP contribution in [0.15, 0.2) is 29.1 Å². The second-order valence-corrected chi connectivity index (χ2v) is 4.35. The van der Waals surface area contributed by atoms with Crippen molar-refractivity contribution in [2.45, 2.75) is 19.4 Å². The largest absolute Gasteiger partial charge is 0.480 e. The van der Waals surface area contributed by atoms with Gasteiger partial charge in [0.05, 0.1) is 0 Å². The van der Waals surface area contributed by atoms with Crippen molar-refractivity contribution >= 4 is 16.9 Å². The normalized spacial score (nSPS) is 12.6. The number of carbonyl (C=O) groups is 1. The number of nitrogens with one attached hydrogen (secondary N) is 1. The lowest BCUT2D eigenvalue weighted by molar-refractivity contribution is -0.138. The van der Waals surface area contributed by atoms with Gasteiger partial charge < -0.3 is 15.8 Å². The third-order valence-electron chi connectivity index (χ3n) is 2.87. The van der Waals surface area contributed by atoms with E-state index in [4.69, 9.17) is 10.8 Å². The van der Waals surface area contributed by atoms with Gasteiger partial charge >= 0.3 is 5.97 Å². The molecule has 94 valence electrons. The van der Waals surface area contributed by atoms with Gasteiger partial charge in [0.2, 0.25) is 0 Å². The van der Waals surface area contributed by atoms with Gasteiger partial charge in [0.15, 0.2) is 0 Å². The van der Waals surface area contributed by atoms with Crippen LogP contribution in [-0.2, 0) is 11.2 Å². The molecule has 4 N–H and O–H groups in total. The van der Waals surface area contributed by atoms with Crippen LogP contribution in [0.2, 0.25) is 0 Å². The minimum absolute atomic E-state index is 0.113. The second kappa shape index (κ2) is 4.62. The van der Waals surface area contributed by atoms with Crippen molar-refractivity contribution in [3.05, 3.63) is 45.7 Å². The molecule has 0 amide bonds. The predicted octanol–water partition coefficient (Wildman–Crippen LogP) is 0.791. The van der Waals surface area contributed by atoms with E-state index in [1.807, 2.05) is 6.07 Å². The summed E-state index contributed by atoms with van der Waals surface area (Å²) >= 11 is 0. The third kappa shape index (κ3) is 2.41. The van der Waals surface area contributed by atoms with Crippen molar-refractivity contribution in [3.63, 3.8) is 0 Å². The van der Waals surface area contributed by atoms with Gasteiger partial charge in [-0.25, -0.2) is 0 Å². The van der Waals surface area contributed by atoms with E-state index in [0.29, 0.717) is 5.56 Å². The number of aryl methyl sites for hydroxylation is 1. The van der Waals surface area contributed by atoms with Crippen molar-refractivity contribution in [2.24, 2.45) is 5.73 Å². The standard InChI is InChI=1S/C13H14N2O3/c1-7-4-9-5-8(6-10(14)13(17)18)2-3-11(9)15-12(7)16/h2-5,10H,6,14H2,1H3,(H,15,16)(H,17,18). The summed E-state index contributed by atoms with van der Waals surface area (Å²) in [5.41, 5.74) is 7.57. The van der Waals surface area contributed by atoms with E-state index in [1.165, 1.54) is 0 Å². The maximum Gasteiger partial charge on any atom is 0.320 e. The molecule has 0 aliphatic heterocycles. The highest BCUT2D eigenvalue weighted by Crippen LogP contribution is 2.14. The molecule has 5 nitrogen and oxygen atoms in total. The number of aromatic amines is 1. The van der Waals surface area contributed by atoms with Gasteiger partial charge in [0.1, 0.15) is 6.04 Å². The maximum absolute atomic E-state index is 11.4. The van der Waals surface area contributed by atoms with Crippen LogP contribution in [0.5, 0.6) is 0 Å². The molecule has 0 fully saturated rings. The molecule has 5 heteroatoms. The molecular formula is C13H14N2O3. The molecule has 0 aliphatic carbocycles. The minimum atomic E-state index is -1.02. The smallest absolute Gasteiger partial charge is 0.320 e. The number of aromatic nitrogens is 1. The van der Waals surface area contributed by atoms with Crippen molar-refractivity contribution in [3.8, 4) is 0 Å². The summed E-state index contributed by atoms with van der Waals surface area (Å²) in [6.45, 7) is 1.73. The molecule has 0 bridgehead atoms. The number of aliphatic carboxylic acids is 1. The Morgan fingerprint density at radius 3 is 2.83 bits per heavy atom. The van der Waals surface area contributed by atoms with Gasteiger partial charge in [-0.2, -0.15) is 0 Å². The van der Waals surface area contributed by atoms with Crippen molar-refractivity contribution in [1.29, 1.82) is 0 Å². The molecule has 1 atom stereocenters. The van der Waals surface area contributed by atoms with Gasteiger partial charge in [-0.05, 0) is 42.5 Å². The molecule has 0 spiro atoms. The molecule has 18 heavy (non-hydrogen) atoms. The SMILES string of the molecule is Cc1cc2cc(CC(N)C(=O)O)ccc2[nH]c1=O. The number of pyridine rings is 1. The number of fused-ring (bicyclic) bond motifs is 1. The number of hydrogen-bond donors (Lipinski definition) is 3. The Morgan fingerprint density at radius 2 is 2.17 bits per heavy atom. The quantitative estimate of drug-likeness (QED) is 0.746. The van der Waals surface area contributed by atoms with Crippen LogP contribution in [0, 0.1) is 6.92 Å². The van der Waals surface area contributed by atoms with Crippen LogP contribution < -0.4 is 11.3 Å². The lowest BCUT2D eigenvalue weighted by atomic mass is 10.0. The van der Waals surface area contributed by atoms with Gasteiger partial charge in [0.25, 0.3) is 5.56 Å². The van der Waals surface area contributed by atoms with E-state index in [0.717, 1.165) is 16.5 Å². The average Bonchev–Trinajstić information content (AvgIpc) is 2.31. The van der Waals surface area contributed by atoms with E-state index in [1.54, 1.807) is 25.1 Å². The number of hydrogen-bond acceptors (Lipinski definition) is 3. The van der Waals surface area contributed by atoms with Gasteiger partial charge in [0, 0.05) is 11.1 Å². The summed E-state index contributed by atoms with van der Waals surface area (Å²) in [7, 11) is 0. The number of carboxylic acid groups (broad SMARTS) is 1. The van der Waals surface area contributed by atoms with Gasteiger partial charge in [-0.15, -0.1) is 0 Å². The monoisotopic (exact) mass is 246 g/mol. The molecule has 2 aromatic rings. The van der Waals surface area contributed by atoms with E-state index in [-0.39, 0.29) is 12.0 Å². The van der Waals surface area contributed by atoms with E-state index in [2.05, 4.69) is 4.98 Å². The van der Waals surface area contributed by atoms with Gasteiger partial charge in [-0.3, -0.25) is 9.59 Å². The summed E-state index contributed by atoms with van der Waals surface area (Å²) in [5, 5.41) is 9.64. The summed E-state index contributed by atoms with van der Waals surface area (Å²) < 4.78 is 0. The number of rotatable bonds is 3. The molecule has 0 saturated heterocycles. The van der Waals surface area contributed by atoms with Crippen LogP contribution in [0.1, 0.15) is 11.1 Å². The number of nitrogens with two attached hydrogens (primary N) is 1. The fourth-order valence-corrected chi connectivity index (χ4v) is 1.83. The van der Waals surface area contributed by atoms with E-state index in [9.17, 15) is 9.59 Å². The zero-order valence-corrected chi connectivity index (χ0v) is 9.93. The Balaban J connectivity index is 2.41.